The molecule has 1 aromatic heterocycles. The molecule has 1 amide bonds. The average molecular weight is 420 g/mol. The van der Waals surface area contributed by atoms with Crippen LogP contribution < -0.4 is 10.1 Å². The Morgan fingerprint density at radius 2 is 2.07 bits per heavy atom. The summed E-state index contributed by atoms with van der Waals surface area (Å²) in [6.45, 7) is 4.39. The lowest BCUT2D eigenvalue weighted by Crippen LogP contribution is -2.75. The number of carbonyl (C=O) groups is 2. The number of nitrogens with one attached hydrogen (secondary N) is 1. The van der Waals surface area contributed by atoms with Crippen LogP contribution in [0.5, 0.6) is 5.75 Å². The van der Waals surface area contributed by atoms with Gasteiger partial charge in [0.2, 0.25) is 0 Å². The average Bonchev–Trinajstić information content (AvgIpc) is 3.01. The molecule has 0 radical (unpaired) electrons. The van der Waals surface area contributed by atoms with Gasteiger partial charge in [0.1, 0.15) is 11.6 Å². The van der Waals surface area contributed by atoms with Gasteiger partial charge in [-0.15, -0.1) is 0 Å². The Hall–Kier alpha value is -2.41. The van der Waals surface area contributed by atoms with Crippen molar-refractivity contribution in [1.82, 2.24) is 15.1 Å². The molecule has 0 spiro atoms. The van der Waals surface area contributed by atoms with E-state index in [0.29, 0.717) is 12.0 Å². The summed E-state index contributed by atoms with van der Waals surface area (Å²) in [6.07, 6.45) is 4.70. The molecule has 1 aromatic carbocycles. The van der Waals surface area contributed by atoms with Crippen LogP contribution in [-0.4, -0.2) is 33.6 Å². The number of Topliss-reactive ketones (excluding diaryl/α,β-unsaturated/α-hetero) is 1. The fourth-order valence-corrected chi connectivity index (χ4v) is 4.87. The summed E-state index contributed by atoms with van der Waals surface area (Å²) in [4.78, 5) is 24.9. The molecular weight excluding hydrogens is 397 g/mol. The maximum absolute atomic E-state index is 13.4. The largest absolute Gasteiger partial charge is 0.484 e. The molecule has 0 atom stereocenters. The predicted octanol–water partition coefficient (Wildman–Crippen LogP) is 3.69. The monoisotopic (exact) mass is 419 g/mol. The van der Waals surface area contributed by atoms with E-state index in [1.165, 1.54) is 12.1 Å². The third-order valence-electron chi connectivity index (χ3n) is 5.91. The van der Waals surface area contributed by atoms with Gasteiger partial charge in [0, 0.05) is 30.8 Å². The molecule has 3 aliphatic carbocycles. The van der Waals surface area contributed by atoms with Gasteiger partial charge in [0.25, 0.3) is 5.91 Å². The highest BCUT2D eigenvalue weighted by molar-refractivity contribution is 6.30. The van der Waals surface area contributed by atoms with Crippen molar-refractivity contribution in [3.63, 3.8) is 0 Å². The maximum atomic E-state index is 13.4. The first-order valence-corrected chi connectivity index (χ1v) is 10.1. The Kier molecular flexibility index (Phi) is 4.89. The van der Waals surface area contributed by atoms with Crippen molar-refractivity contribution < 1.29 is 18.7 Å². The first-order chi connectivity index (χ1) is 13.7. The zero-order chi connectivity index (χ0) is 20.8. The molecule has 6 nitrogen and oxygen atoms in total. The van der Waals surface area contributed by atoms with Crippen LogP contribution in [0.25, 0.3) is 0 Å². The molecule has 3 aliphatic rings. The number of aryl methyl sites for hydroxylation is 2. The number of amides is 1. The van der Waals surface area contributed by atoms with E-state index in [0.717, 1.165) is 37.6 Å². The molecular formula is C21H23ClFN3O3. The van der Waals surface area contributed by atoms with Gasteiger partial charge in [-0.3, -0.25) is 14.3 Å². The van der Waals surface area contributed by atoms with Gasteiger partial charge in [-0.1, -0.05) is 11.6 Å². The smallest absolute Gasteiger partial charge is 0.258 e. The Morgan fingerprint density at radius 3 is 2.69 bits per heavy atom. The number of hydrogen-bond acceptors (Lipinski definition) is 4. The van der Waals surface area contributed by atoms with Crippen LogP contribution in [0.4, 0.5) is 4.39 Å². The van der Waals surface area contributed by atoms with E-state index >= 15 is 0 Å². The third-order valence-corrected chi connectivity index (χ3v) is 6.22. The summed E-state index contributed by atoms with van der Waals surface area (Å²) < 4.78 is 20.5. The van der Waals surface area contributed by atoms with Crippen LogP contribution in [0.3, 0.4) is 0 Å². The highest BCUT2D eigenvalue weighted by atomic mass is 35.5. The van der Waals surface area contributed by atoms with Crippen molar-refractivity contribution in [2.75, 3.05) is 6.61 Å². The van der Waals surface area contributed by atoms with Crippen LogP contribution in [0.2, 0.25) is 5.02 Å². The topological polar surface area (TPSA) is 73.2 Å². The summed E-state index contributed by atoms with van der Waals surface area (Å²) in [5, 5.41) is 7.35. The predicted molar refractivity (Wildman–Crippen MR) is 106 cm³/mol. The van der Waals surface area contributed by atoms with Gasteiger partial charge >= 0.3 is 0 Å². The lowest BCUT2D eigenvalue weighted by atomic mass is 9.38. The fourth-order valence-electron chi connectivity index (χ4n) is 4.76. The minimum atomic E-state index is -0.588. The maximum Gasteiger partial charge on any atom is 0.258 e. The van der Waals surface area contributed by atoms with Gasteiger partial charge in [-0.2, -0.15) is 5.10 Å². The molecule has 8 heteroatoms. The molecule has 1 heterocycles. The van der Waals surface area contributed by atoms with Gasteiger partial charge in [-0.25, -0.2) is 4.39 Å². The molecule has 1 N–H and O–H groups in total. The molecule has 3 saturated carbocycles. The van der Waals surface area contributed by atoms with Crippen molar-refractivity contribution in [1.29, 1.82) is 0 Å². The Bertz CT molecular complexity index is 968. The normalized spacial score (nSPS) is 24.4. The summed E-state index contributed by atoms with van der Waals surface area (Å²) in [7, 11) is 0. The molecule has 2 bridgehead atoms. The van der Waals surface area contributed by atoms with Crippen molar-refractivity contribution in [2.24, 2.45) is 5.41 Å². The second-order valence-electron chi connectivity index (χ2n) is 8.31. The fraction of sp³-hybridized carbons (Fsp3) is 0.476. The van der Waals surface area contributed by atoms with Gasteiger partial charge in [-0.05, 0) is 50.7 Å². The van der Waals surface area contributed by atoms with E-state index in [2.05, 4.69) is 10.4 Å². The number of benzene rings is 1. The molecule has 154 valence electrons. The Morgan fingerprint density at radius 1 is 1.34 bits per heavy atom. The van der Waals surface area contributed by atoms with Crippen molar-refractivity contribution in [2.45, 2.75) is 51.6 Å². The Balaban J connectivity index is 1.25. The molecule has 3 fully saturated rings. The van der Waals surface area contributed by atoms with E-state index in [-0.39, 0.29) is 40.0 Å². The molecule has 0 unspecified atom stereocenters. The highest BCUT2D eigenvalue weighted by Gasteiger charge is 2.68. The number of hydrogen-bond donors (Lipinski definition) is 1. The van der Waals surface area contributed by atoms with Gasteiger partial charge in [0.05, 0.1) is 16.3 Å². The second kappa shape index (κ2) is 7.13. The minimum Gasteiger partial charge on any atom is -0.484 e. The molecule has 29 heavy (non-hydrogen) atoms. The number of carbonyl (C=O) groups excluding carboxylic acids is 2. The minimum absolute atomic E-state index is 0.00717. The van der Waals surface area contributed by atoms with Gasteiger partial charge in [0.15, 0.2) is 12.4 Å². The van der Waals surface area contributed by atoms with Gasteiger partial charge < -0.3 is 10.1 Å². The highest BCUT2D eigenvalue weighted by Crippen LogP contribution is 2.69. The second-order valence-corrected chi connectivity index (χ2v) is 8.71. The lowest BCUT2D eigenvalue weighted by molar-refractivity contribution is -0.164. The van der Waals surface area contributed by atoms with Crippen LogP contribution in [0.1, 0.15) is 48.7 Å². The number of aromatic nitrogens is 2. The summed E-state index contributed by atoms with van der Waals surface area (Å²) in [6, 6.07) is 4.06. The third kappa shape index (κ3) is 3.75. The van der Waals surface area contributed by atoms with Crippen LogP contribution in [0.15, 0.2) is 24.4 Å². The van der Waals surface area contributed by atoms with E-state index < -0.39 is 5.82 Å². The first kappa shape index (κ1) is 19.9. The van der Waals surface area contributed by atoms with Crippen molar-refractivity contribution in [3.05, 3.63) is 46.5 Å². The number of rotatable bonds is 8. The van der Waals surface area contributed by atoms with E-state index in [4.69, 9.17) is 16.3 Å². The van der Waals surface area contributed by atoms with E-state index in [1.807, 2.05) is 20.0 Å². The SMILES string of the molecule is CCn1cc(C(=O)CC23CC(NC(=O)COc4ccc(Cl)c(F)c4)(C2)C3)c(C)n1. The first-order valence-electron chi connectivity index (χ1n) is 9.69. The standard InChI is InChI=1S/C21H23ClFN3O3/c1-3-26-8-15(13(2)25-26)18(27)7-20-10-21(11-20,12-20)24-19(28)9-29-14-4-5-16(22)17(23)6-14/h4-6,8H,3,7,9-12H2,1-2H3,(H,24,28). The molecule has 0 aliphatic heterocycles. The summed E-state index contributed by atoms with van der Waals surface area (Å²) in [5.74, 6) is -0.463. The Labute approximate surface area is 173 Å². The van der Waals surface area contributed by atoms with Crippen molar-refractivity contribution >= 4 is 23.3 Å². The summed E-state index contributed by atoms with van der Waals surface area (Å²) >= 11 is 5.63. The zero-order valence-corrected chi connectivity index (χ0v) is 17.2. The van der Waals surface area contributed by atoms with E-state index in [9.17, 15) is 14.0 Å². The quantitative estimate of drug-likeness (QED) is 0.662. The molecule has 0 saturated heterocycles. The molecule has 2 aromatic rings. The number of halogens is 2. The van der Waals surface area contributed by atoms with Crippen molar-refractivity contribution in [3.8, 4) is 5.75 Å². The zero-order valence-electron chi connectivity index (χ0n) is 16.4. The van der Waals surface area contributed by atoms with Crippen LogP contribution in [0, 0.1) is 18.2 Å². The number of ether oxygens (including phenoxy) is 1. The van der Waals surface area contributed by atoms with E-state index in [1.54, 1.807) is 4.68 Å². The molecule has 5 rings (SSSR count). The number of ketones is 1. The summed E-state index contributed by atoms with van der Waals surface area (Å²) in [5.41, 5.74) is 1.22. The van der Waals surface area contributed by atoms with Crippen LogP contribution >= 0.6 is 11.6 Å². The number of nitrogens with zero attached hydrogens (tertiary/aromatic N) is 2. The van der Waals surface area contributed by atoms with Crippen LogP contribution in [-0.2, 0) is 11.3 Å². The lowest BCUT2D eigenvalue weighted by Gasteiger charge is -2.70.